The predicted molar refractivity (Wildman–Crippen MR) is 71.2 cm³/mol. The molecule has 0 saturated carbocycles. The Morgan fingerprint density at radius 1 is 1.52 bits per heavy atom. The van der Waals surface area contributed by atoms with Crippen molar-refractivity contribution < 1.29 is 18.0 Å². The molecule has 114 valence electrons. The van der Waals surface area contributed by atoms with E-state index < -0.39 is 22.7 Å². The number of rotatable bonds is 3. The van der Waals surface area contributed by atoms with Gasteiger partial charge in [0.2, 0.25) is 0 Å². The van der Waals surface area contributed by atoms with Gasteiger partial charge in [-0.3, -0.25) is 9.48 Å². The third-order valence-electron chi connectivity index (χ3n) is 2.85. The molecule has 21 heavy (non-hydrogen) atoms. The van der Waals surface area contributed by atoms with E-state index in [0.29, 0.717) is 11.3 Å². The van der Waals surface area contributed by atoms with Gasteiger partial charge in [-0.1, -0.05) is 22.9 Å². The first-order valence-electron chi connectivity index (χ1n) is 5.69. The molecule has 0 fully saturated rings. The summed E-state index contributed by atoms with van der Waals surface area (Å²) in [6.45, 7) is 1.87. The number of nitrogens with one attached hydrogen (secondary N) is 1. The normalized spacial score (nSPS) is 11.7. The number of aromatic nitrogens is 3. The van der Waals surface area contributed by atoms with Crippen molar-refractivity contribution in [2.45, 2.75) is 19.6 Å². The number of nitrogens with zero attached hydrogens (tertiary/aromatic N) is 3. The summed E-state index contributed by atoms with van der Waals surface area (Å²) >= 11 is 5.97. The lowest BCUT2D eigenvalue weighted by atomic mass is 10.2. The van der Waals surface area contributed by atoms with E-state index in [1.807, 2.05) is 0 Å². The van der Waals surface area contributed by atoms with Gasteiger partial charge in [-0.2, -0.15) is 18.3 Å². The minimum Gasteiger partial charge on any atom is -0.347 e. The zero-order chi connectivity index (χ0) is 15.8. The fraction of sp³-hybridized carbons (Fsp3) is 0.364. The van der Waals surface area contributed by atoms with Gasteiger partial charge in [-0.15, -0.1) is 0 Å². The Hall–Kier alpha value is -1.61. The number of amides is 1. The van der Waals surface area contributed by atoms with Crippen molar-refractivity contribution in [3.05, 3.63) is 32.5 Å². The molecule has 0 saturated heterocycles. The van der Waals surface area contributed by atoms with Gasteiger partial charge in [0.25, 0.3) is 5.91 Å². The number of carbonyl (C=O) groups is 1. The van der Waals surface area contributed by atoms with Gasteiger partial charge < -0.3 is 5.32 Å². The molecule has 2 rings (SSSR count). The topological polar surface area (TPSA) is 59.8 Å². The van der Waals surface area contributed by atoms with Crippen LogP contribution in [0.2, 0.25) is 4.47 Å². The van der Waals surface area contributed by atoms with E-state index in [1.54, 1.807) is 24.9 Å². The predicted octanol–water partition coefficient (Wildman–Crippen LogP) is 2.79. The summed E-state index contributed by atoms with van der Waals surface area (Å²) in [6.07, 6.45) is -3.18. The summed E-state index contributed by atoms with van der Waals surface area (Å²) in [5, 5.41) is 6.40. The lowest BCUT2D eigenvalue weighted by molar-refractivity contribution is -0.141. The van der Waals surface area contributed by atoms with Crippen LogP contribution < -0.4 is 5.32 Å². The van der Waals surface area contributed by atoms with Gasteiger partial charge in [-0.25, -0.2) is 4.98 Å². The molecule has 0 aliphatic heterocycles. The molecule has 2 aromatic rings. The molecule has 0 radical (unpaired) electrons. The summed E-state index contributed by atoms with van der Waals surface area (Å²) < 4.78 is 39.5. The Labute approximate surface area is 126 Å². The molecule has 1 N–H and O–H groups in total. The second kappa shape index (κ2) is 5.64. The van der Waals surface area contributed by atoms with Crippen LogP contribution in [0.5, 0.6) is 0 Å². The standard InChI is InChI=1S/C11H10ClF3N4OS/c1-5-6(4-17-19(5)2)3-16-9(20)7-8(11(13,14)15)18-10(12)21-7/h4H,3H2,1-2H3,(H,16,20). The van der Waals surface area contributed by atoms with Crippen molar-refractivity contribution >= 4 is 28.8 Å². The largest absolute Gasteiger partial charge is 0.435 e. The first-order valence-corrected chi connectivity index (χ1v) is 6.88. The molecule has 2 aromatic heterocycles. The fourth-order valence-corrected chi connectivity index (χ4v) is 2.66. The highest BCUT2D eigenvalue weighted by Gasteiger charge is 2.39. The highest BCUT2D eigenvalue weighted by Crippen LogP contribution is 2.35. The molecule has 0 aliphatic rings. The SMILES string of the molecule is Cc1c(CNC(=O)c2sc(Cl)nc2C(F)(F)F)cnn1C. The minimum absolute atomic E-state index is 0.0747. The van der Waals surface area contributed by atoms with E-state index in [0.717, 1.165) is 11.3 Å². The Bertz CT molecular complexity index is 680. The number of halogens is 4. The second-order valence-corrected chi connectivity index (χ2v) is 5.79. The second-order valence-electron chi connectivity index (χ2n) is 4.20. The molecule has 0 unspecified atom stereocenters. The van der Waals surface area contributed by atoms with Gasteiger partial charge in [0.05, 0.1) is 6.20 Å². The number of alkyl halides is 3. The average Bonchev–Trinajstić information content (AvgIpc) is 2.92. The molecule has 2 heterocycles. The van der Waals surface area contributed by atoms with Crippen LogP contribution in [0.1, 0.15) is 26.6 Å². The summed E-state index contributed by atoms with van der Waals surface area (Å²) in [5.41, 5.74) is 0.265. The lowest BCUT2D eigenvalue weighted by Crippen LogP contribution is -2.25. The molecular weight excluding hydrogens is 329 g/mol. The van der Waals surface area contributed by atoms with Gasteiger partial charge in [0.1, 0.15) is 4.88 Å². The van der Waals surface area contributed by atoms with Crippen LogP contribution in [0.3, 0.4) is 0 Å². The van der Waals surface area contributed by atoms with Gasteiger partial charge >= 0.3 is 6.18 Å². The molecule has 0 aliphatic carbocycles. The summed E-state index contributed by atoms with van der Waals surface area (Å²) in [7, 11) is 1.73. The zero-order valence-corrected chi connectivity index (χ0v) is 12.5. The van der Waals surface area contributed by atoms with Crippen molar-refractivity contribution in [3.63, 3.8) is 0 Å². The molecule has 0 spiro atoms. The van der Waals surface area contributed by atoms with Crippen molar-refractivity contribution in [3.8, 4) is 0 Å². The van der Waals surface area contributed by atoms with Crippen LogP contribution in [0.4, 0.5) is 13.2 Å². The molecule has 10 heteroatoms. The Balaban J connectivity index is 2.16. The van der Waals surface area contributed by atoms with E-state index in [9.17, 15) is 18.0 Å². The Kier molecular flexibility index (Phi) is 4.24. The molecule has 0 bridgehead atoms. The minimum atomic E-state index is -4.72. The lowest BCUT2D eigenvalue weighted by Gasteiger charge is -2.07. The van der Waals surface area contributed by atoms with E-state index in [1.165, 1.54) is 0 Å². The van der Waals surface area contributed by atoms with Crippen LogP contribution in [-0.4, -0.2) is 20.7 Å². The third kappa shape index (κ3) is 3.35. The number of thiazole rings is 1. The Morgan fingerprint density at radius 2 is 2.19 bits per heavy atom. The first kappa shape index (κ1) is 15.8. The van der Waals surface area contributed by atoms with E-state index in [2.05, 4.69) is 15.4 Å². The summed E-state index contributed by atoms with van der Waals surface area (Å²) in [5.74, 6) is -0.866. The first-order chi connectivity index (χ1) is 9.70. The molecule has 1 amide bonds. The van der Waals surface area contributed by atoms with Crippen LogP contribution in [0, 0.1) is 6.92 Å². The number of hydrogen-bond acceptors (Lipinski definition) is 4. The van der Waals surface area contributed by atoms with Crippen molar-refractivity contribution in [2.75, 3.05) is 0 Å². The van der Waals surface area contributed by atoms with E-state index in [4.69, 9.17) is 11.6 Å². The maximum Gasteiger partial charge on any atom is 0.435 e. The van der Waals surface area contributed by atoms with Crippen molar-refractivity contribution in [1.82, 2.24) is 20.1 Å². The summed E-state index contributed by atoms with van der Waals surface area (Å²) in [4.78, 5) is 14.5. The average molecular weight is 339 g/mol. The van der Waals surface area contributed by atoms with Gasteiger partial charge in [0, 0.05) is 24.8 Å². The maximum atomic E-state index is 12.7. The van der Waals surface area contributed by atoms with Gasteiger partial charge in [0.15, 0.2) is 10.2 Å². The van der Waals surface area contributed by atoms with Crippen LogP contribution in [0.25, 0.3) is 0 Å². The number of hydrogen-bond donors (Lipinski definition) is 1. The fourth-order valence-electron chi connectivity index (χ4n) is 1.61. The number of carbonyl (C=O) groups excluding carboxylic acids is 1. The highest BCUT2D eigenvalue weighted by molar-refractivity contribution is 7.17. The zero-order valence-electron chi connectivity index (χ0n) is 11.0. The van der Waals surface area contributed by atoms with Crippen LogP contribution in [0.15, 0.2) is 6.20 Å². The van der Waals surface area contributed by atoms with Crippen molar-refractivity contribution in [1.29, 1.82) is 0 Å². The Morgan fingerprint density at radius 3 is 2.71 bits per heavy atom. The smallest absolute Gasteiger partial charge is 0.347 e. The third-order valence-corrected chi connectivity index (χ3v) is 4.01. The van der Waals surface area contributed by atoms with E-state index >= 15 is 0 Å². The quantitative estimate of drug-likeness (QED) is 0.936. The number of aryl methyl sites for hydroxylation is 1. The van der Waals surface area contributed by atoms with Crippen LogP contribution >= 0.6 is 22.9 Å². The van der Waals surface area contributed by atoms with Crippen LogP contribution in [-0.2, 0) is 19.8 Å². The maximum absolute atomic E-state index is 12.7. The molecule has 5 nitrogen and oxygen atoms in total. The molecule has 0 atom stereocenters. The van der Waals surface area contributed by atoms with Gasteiger partial charge in [-0.05, 0) is 6.92 Å². The van der Waals surface area contributed by atoms with E-state index in [-0.39, 0.29) is 11.0 Å². The summed E-state index contributed by atoms with van der Waals surface area (Å²) in [6, 6.07) is 0. The highest BCUT2D eigenvalue weighted by atomic mass is 35.5. The molecule has 0 aromatic carbocycles. The molecular formula is C11H10ClF3N4OS. The van der Waals surface area contributed by atoms with Crippen molar-refractivity contribution in [2.24, 2.45) is 7.05 Å². The monoisotopic (exact) mass is 338 g/mol.